The van der Waals surface area contributed by atoms with Crippen molar-refractivity contribution in [2.24, 2.45) is 0 Å². The van der Waals surface area contributed by atoms with Gasteiger partial charge in [0.05, 0.1) is 16.7 Å². The van der Waals surface area contributed by atoms with Gasteiger partial charge >= 0.3 is 5.97 Å². The van der Waals surface area contributed by atoms with E-state index in [-0.39, 0.29) is 22.7 Å². The molecule has 0 aliphatic heterocycles. The Balaban J connectivity index is 1.53. The molecule has 6 nitrogen and oxygen atoms in total. The number of hydrogen-bond donors (Lipinski definition) is 1. The first-order chi connectivity index (χ1) is 14.9. The van der Waals surface area contributed by atoms with Crippen molar-refractivity contribution in [3.05, 3.63) is 87.8 Å². The number of anilines is 1. The molecule has 0 radical (unpaired) electrons. The third-order valence-corrected chi connectivity index (χ3v) is 4.97. The summed E-state index contributed by atoms with van der Waals surface area (Å²) in [4.78, 5) is 37.2. The van der Waals surface area contributed by atoms with Gasteiger partial charge in [-0.2, -0.15) is 0 Å². The molecule has 0 aliphatic rings. The molecular weight excluding hydrogens is 423 g/mol. The molecule has 0 fully saturated rings. The van der Waals surface area contributed by atoms with Gasteiger partial charge < -0.3 is 14.6 Å². The molecule has 4 aromatic rings. The summed E-state index contributed by atoms with van der Waals surface area (Å²) < 4.78 is 20.5. The molecule has 8 heteroatoms. The molecule has 1 amide bonds. The highest BCUT2D eigenvalue weighted by atomic mass is 35.5. The van der Waals surface area contributed by atoms with Crippen molar-refractivity contribution in [3.63, 3.8) is 0 Å². The van der Waals surface area contributed by atoms with E-state index in [9.17, 15) is 18.8 Å². The Morgan fingerprint density at radius 1 is 0.968 bits per heavy atom. The first kappa shape index (κ1) is 20.6. The van der Waals surface area contributed by atoms with E-state index in [0.29, 0.717) is 21.8 Å². The lowest BCUT2D eigenvalue weighted by Gasteiger charge is -2.14. The Kier molecular flexibility index (Phi) is 5.68. The molecular formula is C23H16ClFN2O4. The molecule has 0 saturated carbocycles. The third kappa shape index (κ3) is 4.27. The number of para-hydroxylation sites is 2. The maximum absolute atomic E-state index is 13.8. The number of halogens is 2. The fourth-order valence-electron chi connectivity index (χ4n) is 3.35. The lowest BCUT2D eigenvalue weighted by molar-refractivity contribution is -0.147. The van der Waals surface area contributed by atoms with Gasteiger partial charge in [0.25, 0.3) is 5.91 Å². The first-order valence-electron chi connectivity index (χ1n) is 9.35. The van der Waals surface area contributed by atoms with E-state index in [1.807, 2.05) is 0 Å². The van der Waals surface area contributed by atoms with Crippen LogP contribution >= 0.6 is 11.6 Å². The number of nitrogens with one attached hydrogen (secondary N) is 1. The highest BCUT2D eigenvalue weighted by Crippen LogP contribution is 2.20. The summed E-state index contributed by atoms with van der Waals surface area (Å²) in [6.07, 6.45) is 0. The zero-order chi connectivity index (χ0) is 22.0. The number of aromatic nitrogens is 1. The number of pyridine rings is 1. The van der Waals surface area contributed by atoms with Gasteiger partial charge in [-0.3, -0.25) is 14.4 Å². The van der Waals surface area contributed by atoms with E-state index in [1.54, 1.807) is 53.1 Å². The smallest absolute Gasteiger partial charge is 0.326 e. The van der Waals surface area contributed by atoms with Gasteiger partial charge in [-0.25, -0.2) is 4.39 Å². The summed E-state index contributed by atoms with van der Waals surface area (Å²) in [7, 11) is 0. The van der Waals surface area contributed by atoms with Gasteiger partial charge in [-0.05, 0) is 42.5 Å². The summed E-state index contributed by atoms with van der Waals surface area (Å²) in [5.74, 6) is -2.06. The number of ether oxygens (including phenoxy) is 1. The summed E-state index contributed by atoms with van der Waals surface area (Å²) in [6.45, 7) is -0.791. The largest absolute Gasteiger partial charge is 0.454 e. The van der Waals surface area contributed by atoms with Crippen LogP contribution in [0.2, 0.25) is 5.02 Å². The highest BCUT2D eigenvalue weighted by Gasteiger charge is 2.15. The molecule has 0 saturated heterocycles. The molecule has 0 aliphatic carbocycles. The number of carbonyl (C=O) groups is 2. The minimum absolute atomic E-state index is 0.0668. The van der Waals surface area contributed by atoms with Gasteiger partial charge in [-0.15, -0.1) is 0 Å². The number of benzene rings is 3. The van der Waals surface area contributed by atoms with Crippen LogP contribution in [0.3, 0.4) is 0 Å². The van der Waals surface area contributed by atoms with Crippen LogP contribution in [0.25, 0.3) is 21.8 Å². The Hall–Kier alpha value is -3.71. The standard InChI is InChI=1S/C23H16ClFN2O4/c24-14-9-10-18(17(25)11-14)26-21(28)13-31-22(29)12-27-19-7-3-1-5-15(19)23(30)16-6-2-4-8-20(16)27/h1-11H,12-13H2,(H,26,28). The Morgan fingerprint density at radius 2 is 1.58 bits per heavy atom. The number of nitrogens with zero attached hydrogens (tertiary/aromatic N) is 1. The Labute approximate surface area is 180 Å². The monoisotopic (exact) mass is 438 g/mol. The van der Waals surface area contributed by atoms with Crippen molar-refractivity contribution in [3.8, 4) is 0 Å². The van der Waals surface area contributed by atoms with Crippen molar-refractivity contribution in [2.75, 3.05) is 11.9 Å². The second-order valence-electron chi connectivity index (χ2n) is 6.78. The molecule has 3 aromatic carbocycles. The van der Waals surface area contributed by atoms with Gasteiger partial charge in [0.2, 0.25) is 0 Å². The molecule has 1 aromatic heterocycles. The zero-order valence-corrected chi connectivity index (χ0v) is 16.9. The van der Waals surface area contributed by atoms with E-state index in [0.717, 1.165) is 6.07 Å². The number of hydrogen-bond acceptors (Lipinski definition) is 4. The van der Waals surface area contributed by atoms with Crippen LogP contribution in [0.5, 0.6) is 0 Å². The molecule has 0 atom stereocenters. The predicted molar refractivity (Wildman–Crippen MR) is 117 cm³/mol. The van der Waals surface area contributed by atoms with Crippen molar-refractivity contribution < 1.29 is 18.7 Å². The SMILES string of the molecule is O=C(COC(=O)Cn1c2ccccc2c(=O)c2ccccc21)Nc1ccc(Cl)cc1F. The fourth-order valence-corrected chi connectivity index (χ4v) is 3.50. The van der Waals surface area contributed by atoms with E-state index in [4.69, 9.17) is 16.3 Å². The maximum atomic E-state index is 13.8. The van der Waals surface area contributed by atoms with Gasteiger partial charge in [0, 0.05) is 15.8 Å². The first-order valence-corrected chi connectivity index (χ1v) is 9.72. The maximum Gasteiger partial charge on any atom is 0.326 e. The third-order valence-electron chi connectivity index (χ3n) is 4.74. The normalized spacial score (nSPS) is 10.9. The van der Waals surface area contributed by atoms with Crippen LogP contribution in [0, 0.1) is 5.82 Å². The Bertz CT molecular complexity index is 1320. The summed E-state index contributed by atoms with van der Waals surface area (Å²) in [5.41, 5.74) is 0.967. The zero-order valence-electron chi connectivity index (χ0n) is 16.1. The van der Waals surface area contributed by atoms with Gasteiger partial charge in [0.1, 0.15) is 12.4 Å². The molecule has 31 heavy (non-hydrogen) atoms. The number of esters is 1. The van der Waals surface area contributed by atoms with Crippen LogP contribution < -0.4 is 10.7 Å². The number of amides is 1. The second kappa shape index (κ2) is 8.57. The fraction of sp³-hybridized carbons (Fsp3) is 0.0870. The molecule has 1 heterocycles. The van der Waals surface area contributed by atoms with E-state index >= 15 is 0 Å². The van der Waals surface area contributed by atoms with E-state index in [1.165, 1.54) is 12.1 Å². The molecule has 4 rings (SSSR count). The minimum atomic E-state index is -0.696. The molecule has 0 unspecified atom stereocenters. The lowest BCUT2D eigenvalue weighted by atomic mass is 10.1. The predicted octanol–water partition coefficient (Wildman–Crippen LogP) is 4.13. The topological polar surface area (TPSA) is 77.4 Å². The average Bonchev–Trinajstić information content (AvgIpc) is 2.77. The van der Waals surface area contributed by atoms with Crippen molar-refractivity contribution in [2.45, 2.75) is 6.54 Å². The summed E-state index contributed by atoms with van der Waals surface area (Å²) in [6, 6.07) is 17.7. The molecule has 0 bridgehead atoms. The van der Waals surface area contributed by atoms with Crippen LogP contribution in [-0.4, -0.2) is 23.1 Å². The molecule has 156 valence electrons. The number of carbonyl (C=O) groups excluding carboxylic acids is 2. The average molecular weight is 439 g/mol. The minimum Gasteiger partial charge on any atom is -0.454 e. The highest BCUT2D eigenvalue weighted by molar-refractivity contribution is 6.30. The van der Waals surface area contributed by atoms with Crippen LogP contribution in [0.15, 0.2) is 71.5 Å². The van der Waals surface area contributed by atoms with Crippen LogP contribution in [0.1, 0.15) is 0 Å². The van der Waals surface area contributed by atoms with Gasteiger partial charge in [0.15, 0.2) is 12.0 Å². The summed E-state index contributed by atoms with van der Waals surface area (Å²) in [5, 5.41) is 3.48. The molecule has 1 N–H and O–H groups in total. The van der Waals surface area contributed by atoms with Crippen LogP contribution in [-0.2, 0) is 20.9 Å². The van der Waals surface area contributed by atoms with Crippen molar-refractivity contribution in [1.29, 1.82) is 0 Å². The lowest BCUT2D eigenvalue weighted by Crippen LogP contribution is -2.24. The van der Waals surface area contributed by atoms with Crippen LogP contribution in [0.4, 0.5) is 10.1 Å². The number of fused-ring (bicyclic) bond motifs is 2. The van der Waals surface area contributed by atoms with Crippen molar-refractivity contribution >= 4 is 51.0 Å². The quantitative estimate of drug-likeness (QED) is 0.375. The second-order valence-corrected chi connectivity index (χ2v) is 7.22. The Morgan fingerprint density at radius 3 is 2.19 bits per heavy atom. The number of rotatable bonds is 5. The molecule has 0 spiro atoms. The van der Waals surface area contributed by atoms with Gasteiger partial charge in [-0.1, -0.05) is 35.9 Å². The van der Waals surface area contributed by atoms with Crippen molar-refractivity contribution in [1.82, 2.24) is 4.57 Å². The summed E-state index contributed by atoms with van der Waals surface area (Å²) >= 11 is 5.68. The van der Waals surface area contributed by atoms with E-state index in [2.05, 4.69) is 5.32 Å². The van der Waals surface area contributed by atoms with E-state index < -0.39 is 24.3 Å².